The number of carbonyl (C=O) groups excluding carboxylic acids is 5. The molecule has 0 aliphatic carbocycles. The van der Waals surface area contributed by atoms with E-state index in [2.05, 4.69) is 92.9 Å². The molecule has 0 fully saturated rings. The van der Waals surface area contributed by atoms with Crippen LogP contribution in [0.4, 0.5) is 84.5 Å². The van der Waals surface area contributed by atoms with Gasteiger partial charge in [0, 0.05) is 106 Å². The number of amides is 5. The summed E-state index contributed by atoms with van der Waals surface area (Å²) < 4.78 is 109. The van der Waals surface area contributed by atoms with Crippen molar-refractivity contribution in [3.63, 3.8) is 0 Å². The summed E-state index contributed by atoms with van der Waals surface area (Å²) in [7, 11) is 18.3. The van der Waals surface area contributed by atoms with Crippen molar-refractivity contribution in [2.45, 2.75) is 53.6 Å². The van der Waals surface area contributed by atoms with Gasteiger partial charge in [-0.1, -0.05) is 30.3 Å². The van der Waals surface area contributed by atoms with Crippen LogP contribution < -0.4 is 66.2 Å². The van der Waals surface area contributed by atoms with Crippen LogP contribution in [0, 0.1) is 34.6 Å². The smallest absolute Gasteiger partial charge is 0.406 e. The molecule has 0 bridgehead atoms. The van der Waals surface area contributed by atoms with E-state index < -0.39 is 44.2 Å². The topological polar surface area (TPSA) is 392 Å². The lowest BCUT2D eigenvalue weighted by Crippen LogP contribution is -2.35. The lowest BCUT2D eigenvalue weighted by atomic mass is 10.1. The number of likely N-dealkylation sites (N-methyl/N-ethyl adjacent to an activating group) is 3. The average molecular weight is 1860 g/mol. The Kier molecular flexibility index (Phi) is 34.1. The normalized spacial score (nSPS) is 11.1. The van der Waals surface area contributed by atoms with Gasteiger partial charge < -0.3 is 85.8 Å². The van der Waals surface area contributed by atoms with Gasteiger partial charge in [0.2, 0.25) is 29.7 Å². The molecule has 0 spiro atoms. The number of aryl methyl sites for hydroxylation is 5. The quantitative estimate of drug-likeness (QED) is 0.0143. The van der Waals surface area contributed by atoms with Crippen molar-refractivity contribution < 1.29 is 74.0 Å². The number of methoxy groups -OCH3 is 5. The van der Waals surface area contributed by atoms with E-state index in [1.54, 1.807) is 103 Å². The highest BCUT2D eigenvalue weighted by Crippen LogP contribution is 2.35. The number of anilines is 10. The van der Waals surface area contributed by atoms with Gasteiger partial charge in [0.25, 0.3) is 36.0 Å². The number of carbonyl (C=O) groups is 5. The fraction of sp³-hybridized carbons (Fsp3) is 0.293. The Hall–Kier alpha value is -16.0. The maximum absolute atomic E-state index is 12.6. The van der Waals surface area contributed by atoms with Crippen LogP contribution in [-0.2, 0) is 0 Å². The summed E-state index contributed by atoms with van der Waals surface area (Å²) in [5.41, 5.74) is 13.8. The lowest BCUT2D eigenvalue weighted by molar-refractivity contribution is -0.138. The molecule has 10 heterocycles. The van der Waals surface area contributed by atoms with Crippen molar-refractivity contribution >= 4 is 116 Å². The fourth-order valence-corrected chi connectivity index (χ4v) is 12.8. The number of nitrogens with one attached hydrogen (secondary N) is 8. The van der Waals surface area contributed by atoms with E-state index >= 15 is 0 Å². The molecule has 0 aliphatic rings. The Balaban J connectivity index is 0.000000162. The molecule has 10 aromatic heterocycles. The third-order valence-electron chi connectivity index (χ3n) is 19.8. The predicted octanol–water partition coefficient (Wildman–Crippen LogP) is 13.6. The van der Waals surface area contributed by atoms with Crippen molar-refractivity contribution in [2.24, 2.45) is 0 Å². The number of alkyl halides is 6. The van der Waals surface area contributed by atoms with Gasteiger partial charge in [-0.2, -0.15) is 38.1 Å². The van der Waals surface area contributed by atoms with Crippen LogP contribution in [0.1, 0.15) is 86.0 Å². The van der Waals surface area contributed by atoms with Crippen molar-refractivity contribution in [3.05, 3.63) is 238 Å². The predicted molar refractivity (Wildman–Crippen MR) is 501 cm³/mol. The Labute approximate surface area is 772 Å². The third kappa shape index (κ3) is 28.1. The number of halogens is 6. The van der Waals surface area contributed by atoms with E-state index in [4.69, 9.17) is 23.7 Å². The molecule has 0 saturated heterocycles. The monoisotopic (exact) mass is 1860 g/mol. The van der Waals surface area contributed by atoms with Gasteiger partial charge >= 0.3 is 6.18 Å². The van der Waals surface area contributed by atoms with Gasteiger partial charge in [-0.25, -0.2) is 31.4 Å². The first-order chi connectivity index (χ1) is 64.5. The molecule has 0 radical (unpaired) electrons. The maximum atomic E-state index is 12.6. The van der Waals surface area contributed by atoms with Crippen LogP contribution in [0.3, 0.4) is 0 Å². The maximum Gasteiger partial charge on any atom is 0.406 e. The minimum atomic E-state index is -4.47. The molecular formula is C92H105F6N27O10. The minimum absolute atomic E-state index is 0.0481. The van der Waals surface area contributed by atoms with Crippen LogP contribution >= 0.6 is 0 Å². The summed E-state index contributed by atoms with van der Waals surface area (Å²) in [5, 5.41) is 45.0. The number of hydrogen-bond donors (Lipinski definition) is 8. The Morgan fingerprint density at radius 2 is 0.622 bits per heavy atom. The van der Waals surface area contributed by atoms with E-state index in [0.29, 0.717) is 140 Å². The molecule has 0 atom stereocenters. The van der Waals surface area contributed by atoms with Gasteiger partial charge in [0.05, 0.1) is 77.2 Å². The van der Waals surface area contributed by atoms with E-state index in [9.17, 15) is 50.3 Å². The van der Waals surface area contributed by atoms with Crippen molar-refractivity contribution in [3.8, 4) is 28.7 Å². The van der Waals surface area contributed by atoms with Gasteiger partial charge in [-0.05, 0) is 218 Å². The standard InChI is InChI=1S/C20H26N6O2.C19H24N6O2.C18H18F3N5O2.C18H20FN5O2.C17H17F2N5O2/c1-14-6-9-18-22-20(23-26(18)13-14)21-16-8-7-15(12-17(16)28-5)19(27)25(4)11-10-24(2)3;1-13-5-8-17-22-19(23-25(17)12-13)21-15-7-6-14(11-16(15)27-4)18(26)20-9-10-24(2)3;1-11-4-7-15-23-17(24-26(15)9-11)22-13-6-5-12(8-14(13)28-3)16(27)25(2)10-18(19,20)21;1-12-4-7-16-22-18(23-24(16)11-12)21-14-6-5-13(10-15(14)26-2)17(25)20-9-3-8-19;1-10-3-6-15-22-17(23-24(15)9-10)21-12-5-4-11(7-13(12)26-2)16(25)20-8-14(18)19/h6-9,12-13H,10-11H2,1-5H3,(H,21,23);5-8,11-12H,9-10H2,1-4H3,(H,20,26)(H,21,23);4-9H,10H2,1-3H3,(H,22,24);4-7,10-11H,3,8-9H2,1-2H3,(H,20,25)(H,21,23);3-7,9,14H,8H2,1-2H3,(H,20,25)(H,21,23). The van der Waals surface area contributed by atoms with Crippen molar-refractivity contribution in [1.29, 1.82) is 0 Å². The first-order valence-corrected chi connectivity index (χ1v) is 42.0. The first kappa shape index (κ1) is 99.6. The second kappa shape index (κ2) is 46.2. The molecule has 43 heteroatoms. The van der Waals surface area contributed by atoms with Crippen LogP contribution in [-0.4, -0.2) is 265 Å². The van der Waals surface area contributed by atoms with Gasteiger partial charge in [0.15, 0.2) is 28.2 Å². The summed E-state index contributed by atoms with van der Waals surface area (Å²) in [5.74, 6) is 2.44. The van der Waals surface area contributed by atoms with Crippen LogP contribution in [0.25, 0.3) is 28.2 Å². The summed E-state index contributed by atoms with van der Waals surface area (Å²) in [6, 6.07) is 43.6. The average Bonchev–Trinajstić information content (AvgIpc) is 1.54. The summed E-state index contributed by atoms with van der Waals surface area (Å²) >= 11 is 0. The zero-order valence-corrected chi connectivity index (χ0v) is 77.1. The highest BCUT2D eigenvalue weighted by molar-refractivity contribution is 5.98. The molecule has 5 amide bonds. The Bertz CT molecular complexity index is 6640. The summed E-state index contributed by atoms with van der Waals surface area (Å²) in [6.45, 7) is 10.5. The number of ether oxygens (including phenoxy) is 5. The molecular weight excluding hydrogens is 1760 g/mol. The molecule has 5 aromatic carbocycles. The van der Waals surface area contributed by atoms with Crippen LogP contribution in [0.2, 0.25) is 0 Å². The zero-order valence-electron chi connectivity index (χ0n) is 77.1. The molecule has 15 rings (SSSR count). The van der Waals surface area contributed by atoms with Gasteiger partial charge in [-0.15, -0.1) is 25.5 Å². The van der Waals surface area contributed by atoms with Gasteiger partial charge in [-0.3, -0.25) is 28.4 Å². The second-order valence-corrected chi connectivity index (χ2v) is 31.2. The number of rotatable bonds is 32. The zero-order chi connectivity index (χ0) is 97.3. The molecule has 710 valence electrons. The number of aromatic nitrogens is 15. The van der Waals surface area contributed by atoms with Crippen molar-refractivity contribution in [1.82, 2.24) is 109 Å². The molecule has 15 aromatic rings. The number of benzene rings is 5. The summed E-state index contributed by atoms with van der Waals surface area (Å²) in [6.07, 6.45) is 2.60. The van der Waals surface area contributed by atoms with Crippen LogP contribution in [0.15, 0.2) is 183 Å². The number of pyridine rings is 5. The molecule has 0 aliphatic heterocycles. The molecule has 8 N–H and O–H groups in total. The second-order valence-electron chi connectivity index (χ2n) is 31.2. The highest BCUT2D eigenvalue weighted by atomic mass is 19.4. The first-order valence-electron chi connectivity index (χ1n) is 42.0. The Morgan fingerprint density at radius 3 is 0.889 bits per heavy atom. The van der Waals surface area contributed by atoms with E-state index in [1.807, 2.05) is 170 Å². The molecule has 37 nitrogen and oxygen atoms in total. The highest BCUT2D eigenvalue weighted by Gasteiger charge is 2.32. The lowest BCUT2D eigenvalue weighted by Gasteiger charge is -2.20. The Morgan fingerprint density at radius 1 is 0.356 bits per heavy atom. The molecule has 0 unspecified atom stereocenters. The summed E-state index contributed by atoms with van der Waals surface area (Å²) in [4.78, 5) is 89.5. The molecule has 135 heavy (non-hydrogen) atoms. The number of fused-ring (bicyclic) bond motifs is 5. The van der Waals surface area contributed by atoms with Crippen molar-refractivity contribution in [2.75, 3.05) is 157 Å². The van der Waals surface area contributed by atoms with E-state index in [1.165, 1.54) is 51.7 Å². The van der Waals surface area contributed by atoms with E-state index in [0.717, 1.165) is 64.9 Å². The minimum Gasteiger partial charge on any atom is -0.495 e. The fourth-order valence-electron chi connectivity index (χ4n) is 12.8. The number of hydrogen-bond acceptors (Lipinski definition) is 27. The third-order valence-corrected chi connectivity index (χ3v) is 19.8. The van der Waals surface area contributed by atoms with Crippen LogP contribution in [0.5, 0.6) is 28.7 Å². The molecule has 0 saturated carbocycles. The van der Waals surface area contributed by atoms with Gasteiger partial charge in [0.1, 0.15) is 35.3 Å². The SMILES string of the molecule is COc1cc(C(=O)N(C)CC(F)(F)F)ccc1Nc1nc2ccc(C)cn2n1.COc1cc(C(=O)N(C)CCN(C)C)ccc1Nc1nc2ccc(C)cn2n1.COc1cc(C(=O)NCC(F)F)ccc1Nc1nc2ccc(C)cn2n1.COc1cc(C(=O)NCCCF)ccc1Nc1nc2ccc(C)cn2n1.COc1cc(C(=O)NCCN(C)C)ccc1Nc1nc2ccc(C)cn2n1. The number of nitrogens with zero attached hydrogens (tertiary/aromatic N) is 19. The van der Waals surface area contributed by atoms with E-state index in [-0.39, 0.29) is 34.6 Å². The largest absolute Gasteiger partial charge is 0.495 e.